The zero-order valence-electron chi connectivity index (χ0n) is 5.98. The minimum atomic E-state index is -4.77. The van der Waals surface area contributed by atoms with Crippen LogP contribution in [0.2, 0.25) is 0 Å². The molecule has 62 valence electrons. The molecule has 0 spiro atoms. The molecule has 0 atom stereocenters. The molecule has 0 saturated carbocycles. The van der Waals surface area contributed by atoms with Gasteiger partial charge in [-0.1, -0.05) is 23.8 Å². The van der Waals surface area contributed by atoms with E-state index in [1.165, 1.54) is 6.07 Å². The van der Waals surface area contributed by atoms with Gasteiger partial charge in [0, 0.05) is 4.88 Å². The average Bonchev–Trinajstić information content (AvgIpc) is 2.32. The number of thiophene rings is 1. The highest BCUT2D eigenvalue weighted by Crippen LogP contribution is 2.16. The van der Waals surface area contributed by atoms with E-state index in [-0.39, 0.29) is 0 Å². The van der Waals surface area contributed by atoms with Crippen LogP contribution in [0.25, 0.3) is 0 Å². The molecule has 0 saturated heterocycles. The average molecular weight is 179 g/mol. The van der Waals surface area contributed by atoms with Crippen molar-refractivity contribution in [2.24, 2.45) is 0 Å². The van der Waals surface area contributed by atoms with E-state index in [9.17, 15) is 12.9 Å². The molecule has 0 aliphatic heterocycles. The fraction of sp³-hybridized carbons (Fsp3) is 0.333. The molecule has 0 fully saturated rings. The molecule has 1 aromatic heterocycles. The number of halogens is 3. The topological polar surface area (TPSA) is 0 Å². The summed E-state index contributed by atoms with van der Waals surface area (Å²) in [5, 5.41) is 0. The lowest BCUT2D eigenvalue weighted by atomic mass is 9.90. The number of hydrogen-bond acceptors (Lipinski definition) is 1. The van der Waals surface area contributed by atoms with Crippen molar-refractivity contribution >= 4 is 23.1 Å². The highest BCUT2D eigenvalue weighted by atomic mass is 32.1. The summed E-state index contributed by atoms with van der Waals surface area (Å²) in [5.41, 5.74) is 0. The van der Waals surface area contributed by atoms with Crippen LogP contribution >= 0.6 is 11.3 Å². The maximum atomic E-state index is 12.0. The predicted octanol–water partition coefficient (Wildman–Crippen LogP) is 2.36. The van der Waals surface area contributed by atoms with Crippen LogP contribution in [-0.2, 0) is 6.42 Å². The van der Waals surface area contributed by atoms with Crippen molar-refractivity contribution in [3.8, 4) is 0 Å². The van der Waals surface area contributed by atoms with Crippen LogP contribution in [0.5, 0.6) is 0 Å². The van der Waals surface area contributed by atoms with Crippen molar-refractivity contribution in [2.45, 2.75) is 13.3 Å². The van der Waals surface area contributed by atoms with Crippen molar-refractivity contribution in [1.82, 2.24) is 0 Å². The Morgan fingerprint density at radius 3 is 2.27 bits per heavy atom. The van der Waals surface area contributed by atoms with E-state index in [1.807, 2.05) is 6.92 Å². The van der Waals surface area contributed by atoms with Gasteiger partial charge in [0.05, 0.1) is 0 Å². The predicted molar refractivity (Wildman–Crippen MR) is 42.4 cm³/mol. The molecule has 0 unspecified atom stereocenters. The first-order valence-electron chi connectivity index (χ1n) is 3.32. The second-order valence-corrected chi connectivity index (χ2v) is 3.43. The van der Waals surface area contributed by atoms with Crippen LogP contribution in [0.15, 0.2) is 12.1 Å². The summed E-state index contributed by atoms with van der Waals surface area (Å²) in [5.74, 6) is 0. The summed E-state index contributed by atoms with van der Waals surface area (Å²) in [7, 11) is 0. The monoisotopic (exact) mass is 179 g/mol. The van der Waals surface area contributed by atoms with Crippen molar-refractivity contribution in [2.75, 3.05) is 0 Å². The summed E-state index contributed by atoms with van der Waals surface area (Å²) in [6.07, 6.45) is 0.677. The van der Waals surface area contributed by atoms with Gasteiger partial charge >= 0.3 is 6.98 Å². The van der Waals surface area contributed by atoms with Gasteiger partial charge in [0.25, 0.3) is 0 Å². The second kappa shape index (κ2) is 2.89. The summed E-state index contributed by atoms with van der Waals surface area (Å²) in [6, 6.07) is 2.69. The summed E-state index contributed by atoms with van der Waals surface area (Å²) >= 11 is 0.843. The van der Waals surface area contributed by atoms with E-state index >= 15 is 0 Å². The zero-order chi connectivity index (χ0) is 8.48. The molecule has 0 nitrogen and oxygen atoms in total. The van der Waals surface area contributed by atoms with Crippen LogP contribution in [0.4, 0.5) is 12.9 Å². The first kappa shape index (κ1) is 8.65. The first-order valence-corrected chi connectivity index (χ1v) is 4.14. The van der Waals surface area contributed by atoms with Gasteiger partial charge in [-0.25, -0.2) is 0 Å². The highest BCUT2D eigenvalue weighted by Gasteiger charge is 2.26. The molecular formula is C6H7BF3S-. The fourth-order valence-corrected chi connectivity index (χ4v) is 1.61. The number of hydrogen-bond donors (Lipinski definition) is 0. The maximum absolute atomic E-state index is 12.0. The van der Waals surface area contributed by atoms with Crippen LogP contribution in [0, 0.1) is 0 Å². The lowest BCUT2D eigenvalue weighted by Gasteiger charge is -2.09. The minimum absolute atomic E-state index is 0.443. The molecule has 0 aliphatic rings. The molecule has 1 rings (SSSR count). The van der Waals surface area contributed by atoms with Crippen molar-refractivity contribution < 1.29 is 12.9 Å². The molecule has 0 radical (unpaired) electrons. The normalized spacial score (nSPS) is 12.0. The van der Waals surface area contributed by atoms with Gasteiger partial charge in [-0.15, -0.1) is 0 Å². The van der Waals surface area contributed by atoms with Crippen molar-refractivity contribution in [3.63, 3.8) is 0 Å². The highest BCUT2D eigenvalue weighted by molar-refractivity contribution is 7.23. The Morgan fingerprint density at radius 2 is 2.00 bits per heavy atom. The van der Waals surface area contributed by atoms with Crippen LogP contribution < -0.4 is 4.78 Å². The lowest BCUT2D eigenvalue weighted by molar-refractivity contribution is 0.503. The van der Waals surface area contributed by atoms with Gasteiger partial charge in [0.1, 0.15) is 0 Å². The van der Waals surface area contributed by atoms with Crippen LogP contribution in [0.3, 0.4) is 0 Å². The van der Waals surface area contributed by atoms with Crippen molar-refractivity contribution in [1.29, 1.82) is 0 Å². The Hall–Kier alpha value is -0.445. The van der Waals surface area contributed by atoms with E-state index in [0.717, 1.165) is 22.3 Å². The molecule has 1 heterocycles. The lowest BCUT2D eigenvalue weighted by Crippen LogP contribution is -2.30. The van der Waals surface area contributed by atoms with E-state index in [1.54, 1.807) is 0 Å². The van der Waals surface area contributed by atoms with E-state index in [2.05, 4.69) is 0 Å². The Bertz CT molecular complexity index is 240. The second-order valence-electron chi connectivity index (χ2n) is 2.23. The molecule has 0 N–H and O–H groups in total. The largest absolute Gasteiger partial charge is 0.519 e. The third kappa shape index (κ3) is 1.99. The Labute approximate surface area is 67.1 Å². The molecule has 5 heteroatoms. The van der Waals surface area contributed by atoms with E-state index in [0.29, 0.717) is 6.42 Å². The van der Waals surface area contributed by atoms with E-state index in [4.69, 9.17) is 0 Å². The van der Waals surface area contributed by atoms with Gasteiger partial charge in [-0.2, -0.15) is 11.3 Å². The Balaban J connectivity index is 2.89. The fourth-order valence-electron chi connectivity index (χ4n) is 0.760. The molecule has 0 bridgehead atoms. The van der Waals surface area contributed by atoms with Gasteiger partial charge in [0.2, 0.25) is 0 Å². The molecule has 0 aromatic carbocycles. The van der Waals surface area contributed by atoms with E-state index < -0.39 is 11.8 Å². The SMILES string of the molecule is CCc1ccc([B-](F)(F)F)s1. The molecule has 11 heavy (non-hydrogen) atoms. The standard InChI is InChI=1S/C6H7BF3S/c1-2-5-3-4-6(11-5)7(8,9)10/h3-4H,2H2,1H3/q-1. The van der Waals surface area contributed by atoms with Gasteiger partial charge in [-0.3, -0.25) is 0 Å². The number of aryl methyl sites for hydroxylation is 1. The first-order chi connectivity index (χ1) is 5.04. The summed E-state index contributed by atoms with van der Waals surface area (Å²) in [6.45, 7) is -2.93. The minimum Gasteiger partial charge on any atom is -0.444 e. The number of rotatable bonds is 2. The maximum Gasteiger partial charge on any atom is 0.519 e. The summed E-state index contributed by atoms with van der Waals surface area (Å²) in [4.78, 5) is 0.791. The Morgan fingerprint density at radius 1 is 1.36 bits per heavy atom. The zero-order valence-corrected chi connectivity index (χ0v) is 6.80. The molecular weight excluding hydrogens is 172 g/mol. The molecule has 1 aromatic rings. The third-order valence-electron chi connectivity index (χ3n) is 1.35. The third-order valence-corrected chi connectivity index (χ3v) is 2.68. The molecule has 0 amide bonds. The van der Waals surface area contributed by atoms with Crippen LogP contribution in [0.1, 0.15) is 11.8 Å². The molecule has 0 aliphatic carbocycles. The smallest absolute Gasteiger partial charge is 0.444 e. The van der Waals surface area contributed by atoms with Gasteiger partial charge in [0.15, 0.2) is 0 Å². The van der Waals surface area contributed by atoms with Gasteiger partial charge < -0.3 is 12.9 Å². The summed E-state index contributed by atoms with van der Waals surface area (Å²) < 4.78 is 35.6. The quantitative estimate of drug-likeness (QED) is 0.611. The Kier molecular flexibility index (Phi) is 2.27. The van der Waals surface area contributed by atoms with Gasteiger partial charge in [-0.05, 0) is 6.42 Å². The van der Waals surface area contributed by atoms with Crippen molar-refractivity contribution in [3.05, 3.63) is 17.0 Å². The van der Waals surface area contributed by atoms with Crippen LogP contribution in [-0.4, -0.2) is 6.98 Å².